The molecule has 3 aromatic heterocycles. The number of hydrogen-bond acceptors (Lipinski definition) is 7. The maximum atomic E-state index is 11.6. The Bertz CT molecular complexity index is 1440. The molecule has 0 amide bonds. The minimum absolute atomic E-state index is 0.138. The number of pyridine rings is 1. The van der Waals surface area contributed by atoms with Crippen molar-refractivity contribution in [1.82, 2.24) is 24.5 Å². The maximum absolute atomic E-state index is 11.6. The van der Waals surface area contributed by atoms with E-state index >= 15 is 0 Å². The van der Waals surface area contributed by atoms with Crippen molar-refractivity contribution in [2.75, 3.05) is 12.4 Å². The van der Waals surface area contributed by atoms with E-state index in [9.17, 15) is 4.79 Å². The molecule has 2 aromatic carbocycles. The van der Waals surface area contributed by atoms with Gasteiger partial charge >= 0.3 is 0 Å². The van der Waals surface area contributed by atoms with Gasteiger partial charge < -0.3 is 14.6 Å². The lowest BCUT2D eigenvalue weighted by Crippen LogP contribution is -2.10. The van der Waals surface area contributed by atoms with Gasteiger partial charge in [-0.25, -0.2) is 15.0 Å². The van der Waals surface area contributed by atoms with Crippen LogP contribution in [-0.4, -0.2) is 37.9 Å². The van der Waals surface area contributed by atoms with Crippen molar-refractivity contribution in [3.8, 4) is 5.75 Å². The van der Waals surface area contributed by atoms with E-state index < -0.39 is 0 Å². The van der Waals surface area contributed by atoms with Gasteiger partial charge in [0.2, 0.25) is 0 Å². The molecule has 0 aliphatic heterocycles. The summed E-state index contributed by atoms with van der Waals surface area (Å²) in [5, 5.41) is 5.26. The first-order chi connectivity index (χ1) is 16.2. The number of benzene rings is 2. The van der Waals surface area contributed by atoms with Crippen LogP contribution in [0.15, 0.2) is 67.4 Å². The lowest BCUT2D eigenvalue weighted by atomic mass is 9.99. The summed E-state index contributed by atoms with van der Waals surface area (Å²) in [4.78, 5) is 29.3. The Hall–Kier alpha value is -4.33. The second-order valence-corrected chi connectivity index (χ2v) is 7.74. The molecule has 0 fully saturated rings. The van der Waals surface area contributed by atoms with E-state index in [1.54, 1.807) is 19.6 Å². The Morgan fingerprint density at radius 2 is 1.91 bits per heavy atom. The highest BCUT2D eigenvalue weighted by molar-refractivity contribution is 5.98. The first kappa shape index (κ1) is 20.6. The molecule has 0 radical (unpaired) electrons. The number of anilines is 1. The van der Waals surface area contributed by atoms with Crippen LogP contribution in [0.2, 0.25) is 0 Å². The van der Waals surface area contributed by atoms with Crippen molar-refractivity contribution in [3.63, 3.8) is 0 Å². The number of aromatic nitrogens is 5. The molecule has 3 heterocycles. The highest BCUT2D eigenvalue weighted by Crippen LogP contribution is 2.29. The van der Waals surface area contributed by atoms with E-state index in [0.717, 1.165) is 39.6 Å². The summed E-state index contributed by atoms with van der Waals surface area (Å²) in [6, 6.07) is 15.6. The Kier molecular flexibility index (Phi) is 5.40. The summed E-state index contributed by atoms with van der Waals surface area (Å²) >= 11 is 0. The Labute approximate surface area is 190 Å². The second kappa shape index (κ2) is 8.66. The predicted octanol–water partition coefficient (Wildman–Crippen LogP) is 4.42. The molecule has 5 rings (SSSR count). The smallest absolute Gasteiger partial charge is 0.169 e. The van der Waals surface area contributed by atoms with Gasteiger partial charge in [-0.1, -0.05) is 30.3 Å². The summed E-state index contributed by atoms with van der Waals surface area (Å²) in [6.07, 6.45) is 5.75. The zero-order valence-electron chi connectivity index (χ0n) is 18.3. The van der Waals surface area contributed by atoms with Crippen LogP contribution in [0.5, 0.6) is 5.75 Å². The molecule has 0 aliphatic carbocycles. The topological polar surface area (TPSA) is 94.8 Å². The monoisotopic (exact) mass is 438 g/mol. The zero-order valence-corrected chi connectivity index (χ0v) is 18.3. The number of imidazole rings is 1. The number of ether oxygens (including phenoxy) is 1. The van der Waals surface area contributed by atoms with Crippen molar-refractivity contribution in [2.45, 2.75) is 19.5 Å². The molecular formula is C25H22N6O2. The molecule has 0 spiro atoms. The SMILES string of the molecule is COc1ccc(Cn2cnc3c(NC(C)c4cccc5ccnc(C=O)c45)ncnc32)cc1. The van der Waals surface area contributed by atoms with Crippen molar-refractivity contribution in [3.05, 3.63) is 84.2 Å². The van der Waals surface area contributed by atoms with Crippen LogP contribution in [0.1, 0.15) is 34.6 Å². The quantitative estimate of drug-likeness (QED) is 0.376. The summed E-state index contributed by atoms with van der Waals surface area (Å²) in [5.41, 5.74) is 3.93. The molecule has 164 valence electrons. The van der Waals surface area contributed by atoms with Crippen LogP contribution < -0.4 is 10.1 Å². The number of nitrogens with zero attached hydrogens (tertiary/aromatic N) is 5. The van der Waals surface area contributed by atoms with Crippen molar-refractivity contribution in [1.29, 1.82) is 0 Å². The van der Waals surface area contributed by atoms with Crippen molar-refractivity contribution < 1.29 is 9.53 Å². The van der Waals surface area contributed by atoms with E-state index in [1.165, 1.54) is 6.33 Å². The van der Waals surface area contributed by atoms with Gasteiger partial charge in [-0.15, -0.1) is 0 Å². The number of carbonyl (C=O) groups excluding carboxylic acids is 1. The van der Waals surface area contributed by atoms with Crippen molar-refractivity contribution in [2.24, 2.45) is 0 Å². The highest BCUT2D eigenvalue weighted by Gasteiger charge is 2.17. The largest absolute Gasteiger partial charge is 0.497 e. The number of carbonyl (C=O) groups is 1. The van der Waals surface area contributed by atoms with Gasteiger partial charge in [0, 0.05) is 11.6 Å². The summed E-state index contributed by atoms with van der Waals surface area (Å²) in [7, 11) is 1.65. The maximum Gasteiger partial charge on any atom is 0.169 e. The predicted molar refractivity (Wildman–Crippen MR) is 127 cm³/mol. The molecule has 8 nitrogen and oxygen atoms in total. The van der Waals surface area contributed by atoms with Crippen LogP contribution >= 0.6 is 0 Å². The second-order valence-electron chi connectivity index (χ2n) is 7.74. The first-order valence-electron chi connectivity index (χ1n) is 10.6. The van der Waals surface area contributed by atoms with E-state index in [4.69, 9.17) is 4.74 Å². The summed E-state index contributed by atoms with van der Waals surface area (Å²) < 4.78 is 7.22. The number of fused-ring (bicyclic) bond motifs is 2. The van der Waals surface area contributed by atoms with E-state index in [1.807, 2.05) is 60.0 Å². The summed E-state index contributed by atoms with van der Waals surface area (Å²) in [6.45, 7) is 2.66. The lowest BCUT2D eigenvalue weighted by Gasteiger charge is -2.18. The van der Waals surface area contributed by atoms with Crippen LogP contribution in [0.25, 0.3) is 21.9 Å². The molecule has 1 unspecified atom stereocenters. The van der Waals surface area contributed by atoms with E-state index in [0.29, 0.717) is 23.6 Å². The van der Waals surface area contributed by atoms with Gasteiger partial charge in [0.25, 0.3) is 0 Å². The average Bonchev–Trinajstić information content (AvgIpc) is 3.27. The third kappa shape index (κ3) is 3.87. The average molecular weight is 438 g/mol. The molecule has 0 saturated heterocycles. The Morgan fingerprint density at radius 3 is 2.70 bits per heavy atom. The number of aldehydes is 1. The first-order valence-corrected chi connectivity index (χ1v) is 10.6. The Balaban J connectivity index is 1.46. The molecule has 1 N–H and O–H groups in total. The minimum atomic E-state index is -0.138. The van der Waals surface area contributed by atoms with Crippen molar-refractivity contribution >= 4 is 34.0 Å². The van der Waals surface area contributed by atoms with Gasteiger partial charge in [0.15, 0.2) is 17.8 Å². The molecule has 1 atom stereocenters. The third-order valence-electron chi connectivity index (χ3n) is 5.70. The fraction of sp³-hybridized carbons (Fsp3) is 0.160. The molecule has 33 heavy (non-hydrogen) atoms. The minimum Gasteiger partial charge on any atom is -0.497 e. The van der Waals surface area contributed by atoms with Gasteiger partial charge in [-0.2, -0.15) is 0 Å². The van der Waals surface area contributed by atoms with Gasteiger partial charge in [0.1, 0.15) is 23.3 Å². The molecular weight excluding hydrogens is 416 g/mol. The number of nitrogens with one attached hydrogen (secondary N) is 1. The standard InChI is InChI=1S/C25H22N6O2/c1-16(20-5-3-4-18-10-11-26-21(13-32)22(18)20)30-24-23-25(28-14-27-24)31(15-29-23)12-17-6-8-19(33-2)9-7-17/h3-11,13-16H,12H2,1-2H3,(H,27,28,30). The van der Waals surface area contributed by atoms with E-state index in [2.05, 4.69) is 25.3 Å². The fourth-order valence-electron chi connectivity index (χ4n) is 4.05. The van der Waals surface area contributed by atoms with Crippen LogP contribution in [0.3, 0.4) is 0 Å². The molecule has 0 bridgehead atoms. The van der Waals surface area contributed by atoms with Crippen LogP contribution in [0.4, 0.5) is 5.82 Å². The van der Waals surface area contributed by atoms with Gasteiger partial charge in [0.05, 0.1) is 26.0 Å². The molecule has 0 aliphatic rings. The highest BCUT2D eigenvalue weighted by atomic mass is 16.5. The zero-order chi connectivity index (χ0) is 22.8. The van der Waals surface area contributed by atoms with Crippen LogP contribution in [0, 0.1) is 0 Å². The van der Waals surface area contributed by atoms with E-state index in [-0.39, 0.29) is 6.04 Å². The molecule has 0 saturated carbocycles. The lowest BCUT2D eigenvalue weighted by molar-refractivity contribution is 0.112. The Morgan fingerprint density at radius 1 is 1.06 bits per heavy atom. The van der Waals surface area contributed by atoms with Crippen LogP contribution in [-0.2, 0) is 6.54 Å². The number of rotatable bonds is 7. The normalized spacial score (nSPS) is 12.1. The number of hydrogen-bond donors (Lipinski definition) is 1. The number of methoxy groups -OCH3 is 1. The molecule has 5 aromatic rings. The fourth-order valence-corrected chi connectivity index (χ4v) is 4.05. The molecule has 8 heteroatoms. The van der Waals surface area contributed by atoms with Gasteiger partial charge in [-0.3, -0.25) is 9.78 Å². The van der Waals surface area contributed by atoms with Gasteiger partial charge in [-0.05, 0) is 41.6 Å². The third-order valence-corrected chi connectivity index (χ3v) is 5.70. The summed E-state index contributed by atoms with van der Waals surface area (Å²) in [5.74, 6) is 1.45.